The van der Waals surface area contributed by atoms with Crippen LogP contribution in [0.1, 0.15) is 39.0 Å². The Kier molecular flexibility index (Phi) is 5.88. The topological polar surface area (TPSA) is 72.5 Å². The Hall–Kier alpha value is -1.59. The molecule has 2 bridgehead atoms. The van der Waals surface area contributed by atoms with Crippen LogP contribution in [0.25, 0.3) is 0 Å². The molecule has 0 aromatic heterocycles. The number of anilines is 1. The van der Waals surface area contributed by atoms with E-state index in [4.69, 9.17) is 27.9 Å². The average molecular weight is 398 g/mol. The number of fused-ring (bicyclic) bond motifs is 2. The molecule has 0 saturated heterocycles. The highest BCUT2D eigenvalue weighted by Gasteiger charge is 2.42. The normalized spacial score (nSPS) is 26.1. The second kappa shape index (κ2) is 7.97. The van der Waals surface area contributed by atoms with Crippen molar-refractivity contribution < 1.29 is 19.1 Å². The van der Waals surface area contributed by atoms with E-state index >= 15 is 0 Å². The fraction of sp³-hybridized carbons (Fsp3) is 0.526. The zero-order valence-electron chi connectivity index (χ0n) is 14.5. The van der Waals surface area contributed by atoms with Gasteiger partial charge in [0.2, 0.25) is 0 Å². The number of amides is 1. The molecule has 0 spiro atoms. The highest BCUT2D eigenvalue weighted by atomic mass is 35.5. The number of hydrogen-bond acceptors (Lipinski definition) is 4. The van der Waals surface area contributed by atoms with E-state index in [0.29, 0.717) is 34.4 Å². The number of ketones is 1. The van der Waals surface area contributed by atoms with Crippen LogP contribution in [-0.4, -0.2) is 23.8 Å². The molecule has 0 heterocycles. The molecule has 1 N–H and O–H groups in total. The van der Waals surface area contributed by atoms with Crippen LogP contribution in [0.3, 0.4) is 0 Å². The van der Waals surface area contributed by atoms with E-state index in [2.05, 4.69) is 5.32 Å². The van der Waals surface area contributed by atoms with E-state index in [-0.39, 0.29) is 17.8 Å². The summed E-state index contributed by atoms with van der Waals surface area (Å²) < 4.78 is 5.36. The summed E-state index contributed by atoms with van der Waals surface area (Å²) in [7, 11) is 0. The maximum absolute atomic E-state index is 12.5. The van der Waals surface area contributed by atoms with Crippen molar-refractivity contribution in [1.82, 2.24) is 0 Å². The molecule has 0 aliphatic heterocycles. The van der Waals surface area contributed by atoms with Crippen LogP contribution in [0, 0.1) is 17.8 Å². The summed E-state index contributed by atoms with van der Waals surface area (Å²) in [6.07, 6.45) is 2.81. The Morgan fingerprint density at radius 3 is 2.31 bits per heavy atom. The quantitative estimate of drug-likeness (QED) is 0.770. The van der Waals surface area contributed by atoms with E-state index in [1.54, 1.807) is 18.2 Å². The summed E-state index contributed by atoms with van der Waals surface area (Å²) in [5, 5.41) is 3.22. The Morgan fingerprint density at radius 2 is 1.73 bits per heavy atom. The Balaban J connectivity index is 1.59. The first-order valence-corrected chi connectivity index (χ1v) is 9.61. The van der Waals surface area contributed by atoms with Crippen molar-refractivity contribution in [2.24, 2.45) is 17.8 Å². The second-order valence-electron chi connectivity index (χ2n) is 7.06. The van der Waals surface area contributed by atoms with E-state index < -0.39 is 18.0 Å². The molecular weight excluding hydrogens is 377 g/mol. The number of rotatable bonds is 4. The van der Waals surface area contributed by atoms with Gasteiger partial charge in [-0.2, -0.15) is 0 Å². The lowest BCUT2D eigenvalue weighted by atomic mass is 9.67. The molecule has 5 nitrogen and oxygen atoms in total. The lowest BCUT2D eigenvalue weighted by Gasteiger charge is -2.36. The first kappa shape index (κ1) is 19.2. The second-order valence-corrected chi connectivity index (χ2v) is 7.87. The van der Waals surface area contributed by atoms with E-state index in [0.717, 1.165) is 19.3 Å². The van der Waals surface area contributed by atoms with Gasteiger partial charge in [0, 0.05) is 11.8 Å². The van der Waals surface area contributed by atoms with Gasteiger partial charge in [-0.1, -0.05) is 35.7 Å². The minimum absolute atomic E-state index is 0.0360. The first-order valence-electron chi connectivity index (χ1n) is 8.86. The van der Waals surface area contributed by atoms with Gasteiger partial charge in [-0.05, 0) is 44.7 Å². The fourth-order valence-corrected chi connectivity index (χ4v) is 4.33. The van der Waals surface area contributed by atoms with Gasteiger partial charge in [-0.15, -0.1) is 0 Å². The summed E-state index contributed by atoms with van der Waals surface area (Å²) in [6, 6.07) is 4.89. The predicted octanol–water partition coefficient (Wildman–Crippen LogP) is 4.26. The van der Waals surface area contributed by atoms with Gasteiger partial charge in [-0.3, -0.25) is 14.4 Å². The van der Waals surface area contributed by atoms with Crippen LogP contribution >= 0.6 is 23.2 Å². The molecular formula is C19H21Cl2NO4. The Bertz CT molecular complexity index is 700. The summed E-state index contributed by atoms with van der Waals surface area (Å²) >= 11 is 12.1. The molecule has 2 aliphatic rings. The number of carbonyl (C=O) groups is 3. The highest BCUT2D eigenvalue weighted by Crippen LogP contribution is 2.40. The van der Waals surface area contributed by atoms with Crippen molar-refractivity contribution in [1.29, 1.82) is 0 Å². The molecule has 140 valence electrons. The summed E-state index contributed by atoms with van der Waals surface area (Å²) in [5.41, 5.74) is 0.293. The Labute approximate surface area is 162 Å². The lowest BCUT2D eigenvalue weighted by Crippen LogP contribution is -2.41. The van der Waals surface area contributed by atoms with Crippen LogP contribution in [-0.2, 0) is 19.1 Å². The zero-order chi connectivity index (χ0) is 18.8. The van der Waals surface area contributed by atoms with Gasteiger partial charge >= 0.3 is 5.97 Å². The van der Waals surface area contributed by atoms with Crippen LogP contribution < -0.4 is 5.32 Å². The fourth-order valence-electron chi connectivity index (χ4n) is 3.84. The summed E-state index contributed by atoms with van der Waals surface area (Å²) in [6.45, 7) is 1.51. The minimum Gasteiger partial charge on any atom is -0.452 e. The molecule has 3 rings (SSSR count). The van der Waals surface area contributed by atoms with Crippen LogP contribution in [0.15, 0.2) is 18.2 Å². The molecule has 1 aromatic carbocycles. The summed E-state index contributed by atoms with van der Waals surface area (Å²) in [5.74, 6) is -1.01. The maximum Gasteiger partial charge on any atom is 0.309 e. The van der Waals surface area contributed by atoms with Crippen LogP contribution in [0.5, 0.6) is 0 Å². The molecule has 1 unspecified atom stereocenters. The zero-order valence-corrected chi connectivity index (χ0v) is 16.0. The van der Waals surface area contributed by atoms with Gasteiger partial charge in [-0.25, -0.2) is 0 Å². The number of carbonyl (C=O) groups excluding carboxylic acids is 3. The van der Waals surface area contributed by atoms with E-state index in [1.807, 2.05) is 0 Å². The molecule has 26 heavy (non-hydrogen) atoms. The van der Waals surface area contributed by atoms with Gasteiger partial charge in [0.15, 0.2) is 6.10 Å². The molecule has 7 heteroatoms. The van der Waals surface area contributed by atoms with Crippen molar-refractivity contribution in [3.63, 3.8) is 0 Å². The molecule has 4 atom stereocenters. The summed E-state index contributed by atoms with van der Waals surface area (Å²) in [4.78, 5) is 36.9. The number of nitrogens with one attached hydrogen (secondary N) is 1. The molecule has 2 fully saturated rings. The van der Waals surface area contributed by atoms with E-state index in [9.17, 15) is 14.4 Å². The third kappa shape index (κ3) is 4.04. The molecule has 1 amide bonds. The number of hydrogen-bond donors (Lipinski definition) is 1. The lowest BCUT2D eigenvalue weighted by molar-refractivity contribution is -0.161. The van der Waals surface area contributed by atoms with E-state index in [1.165, 1.54) is 6.92 Å². The maximum atomic E-state index is 12.5. The first-order chi connectivity index (χ1) is 12.4. The standard InChI is InChI=1S/C19H21Cl2NO4/c1-10(18(24)22-16-14(20)6-3-7-15(16)21)26-19(25)13-8-11-4-2-5-12(9-13)17(11)23/h3,6-7,10-13H,2,4-5,8-9H2,1H3,(H,22,24)/t10-,11-,12+,13?/m0/s1. The van der Waals surface area contributed by atoms with Crippen molar-refractivity contribution in [2.45, 2.75) is 45.1 Å². The van der Waals surface area contributed by atoms with Gasteiger partial charge in [0.1, 0.15) is 5.78 Å². The monoisotopic (exact) mass is 397 g/mol. The number of ether oxygens (including phenoxy) is 1. The van der Waals surface area contributed by atoms with Crippen molar-refractivity contribution >= 4 is 46.5 Å². The molecule has 2 saturated carbocycles. The SMILES string of the molecule is C[C@H](OC(=O)C1C[C@H]2CCC[C@@H](C1)C2=O)C(=O)Nc1c(Cl)cccc1Cl. The smallest absolute Gasteiger partial charge is 0.309 e. The number of benzene rings is 1. The molecule has 2 aliphatic carbocycles. The number of halogens is 2. The van der Waals surface area contributed by atoms with Crippen molar-refractivity contribution in [3.05, 3.63) is 28.2 Å². The predicted molar refractivity (Wildman–Crippen MR) is 99.2 cm³/mol. The largest absolute Gasteiger partial charge is 0.452 e. The minimum atomic E-state index is -0.979. The number of Topliss-reactive ketones (excluding diaryl/α,β-unsaturated/α-hetero) is 1. The third-order valence-electron chi connectivity index (χ3n) is 5.25. The molecule has 1 aromatic rings. The van der Waals surface area contributed by atoms with Crippen LogP contribution in [0.2, 0.25) is 10.0 Å². The van der Waals surface area contributed by atoms with Crippen LogP contribution in [0.4, 0.5) is 5.69 Å². The third-order valence-corrected chi connectivity index (χ3v) is 5.88. The van der Waals surface area contributed by atoms with Crippen molar-refractivity contribution in [2.75, 3.05) is 5.32 Å². The number of para-hydroxylation sites is 1. The van der Waals surface area contributed by atoms with Crippen molar-refractivity contribution in [3.8, 4) is 0 Å². The molecule has 0 radical (unpaired) electrons. The number of esters is 1. The Morgan fingerprint density at radius 1 is 1.15 bits per heavy atom. The highest BCUT2D eigenvalue weighted by molar-refractivity contribution is 6.39. The average Bonchev–Trinajstić information content (AvgIpc) is 2.57. The van der Waals surface area contributed by atoms with Gasteiger partial charge in [0.25, 0.3) is 5.91 Å². The van der Waals surface area contributed by atoms with Gasteiger partial charge < -0.3 is 10.1 Å². The van der Waals surface area contributed by atoms with Gasteiger partial charge in [0.05, 0.1) is 21.7 Å².